The van der Waals surface area contributed by atoms with E-state index < -0.39 is 0 Å². The molecule has 29 heavy (non-hydrogen) atoms. The Balaban J connectivity index is 1.66. The third-order valence-corrected chi connectivity index (χ3v) is 4.72. The molecule has 0 aromatic heterocycles. The van der Waals surface area contributed by atoms with Crippen LogP contribution in [-0.4, -0.2) is 28.9 Å². The zero-order valence-electron chi connectivity index (χ0n) is 15.2. The minimum atomic E-state index is 0.461. The van der Waals surface area contributed by atoms with Crippen LogP contribution >= 0.6 is 0 Å². The minimum Gasteiger partial charge on any atom is -0.399 e. The molecule has 0 unspecified atom stereocenters. The molecular weight excluding hydrogens is 366 g/mol. The Morgan fingerprint density at radius 3 is 2.10 bits per heavy atom. The van der Waals surface area contributed by atoms with Crippen molar-refractivity contribution in [3.8, 4) is 0 Å². The summed E-state index contributed by atoms with van der Waals surface area (Å²) in [4.78, 5) is 19.6. The van der Waals surface area contributed by atoms with Gasteiger partial charge in [0, 0.05) is 33.9 Å². The van der Waals surface area contributed by atoms with Gasteiger partial charge in [0.15, 0.2) is 0 Å². The van der Waals surface area contributed by atoms with E-state index in [1.807, 2.05) is 24.3 Å². The molecule has 142 valence electrons. The number of nitrogens with zero attached hydrogens (tertiary/aromatic N) is 5. The molecule has 0 radical (unpaired) electrons. The third-order valence-electron chi connectivity index (χ3n) is 4.72. The Kier molecular flexibility index (Phi) is 3.50. The molecule has 9 nitrogen and oxygen atoms in total. The second kappa shape index (κ2) is 6.06. The van der Waals surface area contributed by atoms with Gasteiger partial charge in [0.1, 0.15) is 6.34 Å². The van der Waals surface area contributed by atoms with E-state index in [2.05, 4.69) is 20.0 Å². The Bertz CT molecular complexity index is 1190. The van der Waals surface area contributed by atoms with Crippen LogP contribution in [0.1, 0.15) is 11.1 Å². The third kappa shape index (κ3) is 2.72. The highest BCUT2D eigenvalue weighted by atomic mass is 15.4. The van der Waals surface area contributed by atoms with Crippen molar-refractivity contribution in [2.24, 2.45) is 20.0 Å². The first-order valence-electron chi connectivity index (χ1n) is 8.81. The normalized spacial score (nSPS) is 17.0. The Hall–Kier alpha value is -4.40. The van der Waals surface area contributed by atoms with Crippen molar-refractivity contribution in [1.29, 1.82) is 0 Å². The number of hydrogen-bond donors (Lipinski definition) is 4. The van der Waals surface area contributed by atoms with Crippen LogP contribution in [0.5, 0.6) is 0 Å². The maximum atomic E-state index is 6.16. The van der Waals surface area contributed by atoms with Crippen LogP contribution in [0, 0.1) is 0 Å². The molecule has 0 fully saturated rings. The summed E-state index contributed by atoms with van der Waals surface area (Å²) in [5, 5.41) is 0. The average molecular weight is 383 g/mol. The van der Waals surface area contributed by atoms with E-state index in [1.54, 1.807) is 29.2 Å². The molecule has 0 amide bonds. The maximum absolute atomic E-state index is 6.16. The van der Waals surface area contributed by atoms with Gasteiger partial charge < -0.3 is 22.9 Å². The fourth-order valence-electron chi connectivity index (χ4n) is 3.36. The van der Waals surface area contributed by atoms with Gasteiger partial charge in [-0.15, -0.1) is 0 Å². The van der Waals surface area contributed by atoms with Crippen LogP contribution < -0.4 is 22.9 Å². The van der Waals surface area contributed by atoms with Crippen molar-refractivity contribution in [1.82, 2.24) is 4.90 Å². The molecule has 3 heterocycles. The van der Waals surface area contributed by atoms with Gasteiger partial charge in [-0.2, -0.15) is 0 Å². The van der Waals surface area contributed by atoms with Crippen molar-refractivity contribution in [3.63, 3.8) is 0 Å². The second-order valence-electron chi connectivity index (χ2n) is 6.71. The van der Waals surface area contributed by atoms with E-state index in [9.17, 15) is 0 Å². The summed E-state index contributed by atoms with van der Waals surface area (Å²) < 4.78 is 0. The van der Waals surface area contributed by atoms with Crippen molar-refractivity contribution in [2.45, 2.75) is 0 Å². The van der Waals surface area contributed by atoms with E-state index in [0.29, 0.717) is 46.1 Å². The molecule has 0 bridgehead atoms. The smallest absolute Gasteiger partial charge is 0.239 e. The zero-order valence-corrected chi connectivity index (χ0v) is 15.2. The summed E-state index contributed by atoms with van der Waals surface area (Å²) >= 11 is 0. The van der Waals surface area contributed by atoms with E-state index in [-0.39, 0.29) is 0 Å². The molecule has 0 spiro atoms. The highest BCUT2D eigenvalue weighted by Gasteiger charge is 2.31. The molecule has 2 aromatic carbocycles. The molecule has 0 saturated heterocycles. The lowest BCUT2D eigenvalue weighted by molar-refractivity contribution is 0.738. The fraction of sp³-hybridized carbons (Fsp3) is 0. The van der Waals surface area contributed by atoms with Gasteiger partial charge in [0.05, 0.1) is 17.1 Å². The Morgan fingerprint density at radius 2 is 1.41 bits per heavy atom. The molecule has 5 rings (SSSR count). The lowest BCUT2D eigenvalue weighted by Crippen LogP contribution is -2.40. The van der Waals surface area contributed by atoms with Gasteiger partial charge in [0.25, 0.3) is 0 Å². The van der Waals surface area contributed by atoms with Crippen LogP contribution in [0.2, 0.25) is 0 Å². The first kappa shape index (κ1) is 16.8. The predicted molar refractivity (Wildman–Crippen MR) is 118 cm³/mol. The topological polar surface area (TPSA) is 157 Å². The first-order valence-corrected chi connectivity index (χ1v) is 8.81. The van der Waals surface area contributed by atoms with Gasteiger partial charge in [0.2, 0.25) is 11.9 Å². The fourth-order valence-corrected chi connectivity index (χ4v) is 3.36. The number of allylic oxidation sites excluding steroid dienone is 2. The zero-order chi connectivity index (χ0) is 20.1. The van der Waals surface area contributed by atoms with Crippen molar-refractivity contribution >= 4 is 52.4 Å². The molecule has 8 N–H and O–H groups in total. The van der Waals surface area contributed by atoms with E-state index in [4.69, 9.17) is 22.9 Å². The highest BCUT2D eigenvalue weighted by molar-refractivity contribution is 6.23. The van der Waals surface area contributed by atoms with Crippen LogP contribution in [0.15, 0.2) is 74.2 Å². The summed E-state index contributed by atoms with van der Waals surface area (Å²) in [7, 11) is 0. The van der Waals surface area contributed by atoms with Gasteiger partial charge in [-0.05, 0) is 48.6 Å². The summed E-state index contributed by atoms with van der Waals surface area (Å²) in [6.07, 6.45) is 5.24. The Labute approximate surface area is 166 Å². The maximum Gasteiger partial charge on any atom is 0.239 e. The van der Waals surface area contributed by atoms with Crippen molar-refractivity contribution in [3.05, 3.63) is 65.4 Å². The molecule has 0 atom stereocenters. The molecular formula is C20H17N9. The van der Waals surface area contributed by atoms with Gasteiger partial charge >= 0.3 is 0 Å². The lowest BCUT2D eigenvalue weighted by atomic mass is 10.0. The standard InChI is InChI=1S/C20H17N9/c21-10-1-3-13(15(23)5-10)17-7-12-8-18(14-4-2-11(22)6-16(14)24)28-20-26-9-25-19(27-17)29(12)20/h1-9H,21-24H2. The Morgan fingerprint density at radius 1 is 0.724 bits per heavy atom. The van der Waals surface area contributed by atoms with Gasteiger partial charge in [-0.1, -0.05) is 0 Å². The summed E-state index contributed by atoms with van der Waals surface area (Å²) in [6.45, 7) is 0. The lowest BCUT2D eigenvalue weighted by Gasteiger charge is -2.31. The second-order valence-corrected chi connectivity index (χ2v) is 6.71. The number of hydrogen-bond acceptors (Lipinski definition) is 9. The number of rotatable bonds is 2. The molecule has 2 aromatic rings. The van der Waals surface area contributed by atoms with Crippen LogP contribution in [-0.2, 0) is 0 Å². The van der Waals surface area contributed by atoms with E-state index in [0.717, 1.165) is 16.8 Å². The summed E-state index contributed by atoms with van der Waals surface area (Å²) in [5.74, 6) is 0.922. The largest absolute Gasteiger partial charge is 0.399 e. The highest BCUT2D eigenvalue weighted by Crippen LogP contribution is 2.33. The van der Waals surface area contributed by atoms with Gasteiger partial charge in [-0.3, -0.25) is 0 Å². The molecule has 3 aliphatic heterocycles. The monoisotopic (exact) mass is 383 g/mol. The van der Waals surface area contributed by atoms with E-state index in [1.165, 1.54) is 6.34 Å². The number of guanidine groups is 2. The minimum absolute atomic E-state index is 0.461. The molecule has 3 aliphatic rings. The number of nitrogen functional groups attached to an aromatic ring is 4. The van der Waals surface area contributed by atoms with E-state index >= 15 is 0 Å². The number of benzene rings is 2. The molecule has 0 aliphatic carbocycles. The van der Waals surface area contributed by atoms with Gasteiger partial charge in [-0.25, -0.2) is 24.9 Å². The van der Waals surface area contributed by atoms with Crippen LogP contribution in [0.3, 0.4) is 0 Å². The summed E-state index contributed by atoms with van der Waals surface area (Å²) in [6, 6.07) is 10.7. The number of aliphatic imine (C=N–C) groups is 4. The molecule has 9 heteroatoms. The summed E-state index contributed by atoms with van der Waals surface area (Å²) in [5.41, 5.74) is 29.9. The first-order chi connectivity index (χ1) is 14.0. The van der Waals surface area contributed by atoms with Crippen molar-refractivity contribution < 1.29 is 0 Å². The van der Waals surface area contributed by atoms with Crippen molar-refractivity contribution in [2.75, 3.05) is 22.9 Å². The van der Waals surface area contributed by atoms with Crippen LogP contribution in [0.4, 0.5) is 22.7 Å². The number of anilines is 4. The predicted octanol–water partition coefficient (Wildman–Crippen LogP) is 1.81. The quantitative estimate of drug-likeness (QED) is 0.582. The average Bonchev–Trinajstić information content (AvgIpc) is 2.68. The SMILES string of the molecule is Nc1ccc(C2=CC3=CC(c4ccc(N)cc4N)=NC4=NC=NC(=N2)N34)c(N)c1. The molecule has 0 saturated carbocycles. The van der Waals surface area contributed by atoms with Crippen LogP contribution in [0.25, 0.3) is 5.70 Å². The number of nitrogens with two attached hydrogens (primary N) is 4.